The second-order valence-electron chi connectivity index (χ2n) is 7.31. The van der Waals surface area contributed by atoms with E-state index in [9.17, 15) is 40.2 Å². The van der Waals surface area contributed by atoms with Crippen LogP contribution in [0.3, 0.4) is 0 Å². The Morgan fingerprint density at radius 1 is 1.07 bits per heavy atom. The number of aliphatic hydroxyl groups excluding tert-OH is 1. The summed E-state index contributed by atoms with van der Waals surface area (Å²) in [5, 5.41) is 13.9. The number of allylic oxidation sites excluding steroid dienone is 1. The molecule has 1 heterocycles. The van der Waals surface area contributed by atoms with E-state index in [1.165, 1.54) is 0 Å². The van der Waals surface area contributed by atoms with Gasteiger partial charge in [-0.05, 0) is 13.3 Å². The van der Waals surface area contributed by atoms with E-state index in [1.807, 2.05) is 5.32 Å². The van der Waals surface area contributed by atoms with Crippen molar-refractivity contribution in [3.05, 3.63) is 11.7 Å². The fourth-order valence-corrected chi connectivity index (χ4v) is 2.98. The van der Waals surface area contributed by atoms with Crippen LogP contribution in [-0.4, -0.2) is 56.3 Å². The van der Waals surface area contributed by atoms with Gasteiger partial charge in [-0.3, -0.25) is 0 Å². The summed E-state index contributed by atoms with van der Waals surface area (Å²) < 4.78 is 106. The van der Waals surface area contributed by atoms with Crippen LogP contribution < -0.4 is 10.6 Å². The van der Waals surface area contributed by atoms with Crippen molar-refractivity contribution >= 4 is 17.5 Å². The Kier molecular flexibility index (Phi) is 5.58. The number of aromatic nitrogens is 3. The third kappa shape index (κ3) is 4.73. The van der Waals surface area contributed by atoms with Gasteiger partial charge in [0.05, 0.1) is 0 Å². The SMILES string of the molecule is C[C@@H](Nc1nc(NC2CC(F)(F)C2)nc(C2=C(F)[C@@H](O)C(F)(F)CC2)n1)C(F)(F)F. The predicted molar refractivity (Wildman–Crippen MR) is 88.8 cm³/mol. The van der Waals surface area contributed by atoms with Crippen molar-refractivity contribution in [2.45, 2.75) is 68.8 Å². The standard InChI is InChI=1S/C16H17F8N5O/c1-6(16(22,23)24)25-12-27-11(8-2-3-15(20,21)10(30)9(8)17)28-13(29-12)26-7-4-14(18,19)5-7/h6-7,10,30H,2-5H2,1H3,(H2,25,26,27,28,29)/t6-,10-/m1/s1. The monoisotopic (exact) mass is 447 g/mol. The number of aliphatic hydroxyl groups is 1. The molecule has 1 saturated carbocycles. The molecule has 1 fully saturated rings. The fourth-order valence-electron chi connectivity index (χ4n) is 2.98. The lowest BCUT2D eigenvalue weighted by atomic mass is 9.88. The van der Waals surface area contributed by atoms with Crippen LogP contribution in [0.15, 0.2) is 5.83 Å². The molecule has 0 bridgehead atoms. The molecule has 0 radical (unpaired) electrons. The van der Waals surface area contributed by atoms with Crippen molar-refractivity contribution in [1.29, 1.82) is 0 Å². The first-order valence-corrected chi connectivity index (χ1v) is 8.86. The molecule has 30 heavy (non-hydrogen) atoms. The number of anilines is 2. The second kappa shape index (κ2) is 7.46. The Balaban J connectivity index is 1.94. The van der Waals surface area contributed by atoms with Crippen LogP contribution in [0, 0.1) is 0 Å². The summed E-state index contributed by atoms with van der Waals surface area (Å²) in [5.41, 5.74) is -0.527. The maximum Gasteiger partial charge on any atom is 0.408 e. The third-order valence-electron chi connectivity index (χ3n) is 4.80. The smallest absolute Gasteiger partial charge is 0.380 e. The molecule has 0 amide bonds. The van der Waals surface area contributed by atoms with Gasteiger partial charge in [-0.1, -0.05) is 0 Å². The Bertz CT molecular complexity index is 835. The van der Waals surface area contributed by atoms with Crippen molar-refractivity contribution in [1.82, 2.24) is 15.0 Å². The van der Waals surface area contributed by atoms with Crippen molar-refractivity contribution in [2.24, 2.45) is 0 Å². The summed E-state index contributed by atoms with van der Waals surface area (Å²) >= 11 is 0. The topological polar surface area (TPSA) is 83.0 Å². The predicted octanol–water partition coefficient (Wildman–Crippen LogP) is 3.91. The van der Waals surface area contributed by atoms with Gasteiger partial charge in [-0.25, -0.2) is 22.0 Å². The third-order valence-corrected chi connectivity index (χ3v) is 4.80. The Morgan fingerprint density at radius 2 is 1.67 bits per heavy atom. The molecule has 2 aliphatic carbocycles. The zero-order chi connectivity index (χ0) is 22.5. The normalized spacial score (nSPS) is 24.9. The van der Waals surface area contributed by atoms with Gasteiger partial charge in [0.25, 0.3) is 11.8 Å². The van der Waals surface area contributed by atoms with Gasteiger partial charge in [-0.15, -0.1) is 0 Å². The van der Waals surface area contributed by atoms with Crippen molar-refractivity contribution in [3.63, 3.8) is 0 Å². The molecular formula is C16H17F8N5O. The van der Waals surface area contributed by atoms with Crippen LogP contribution in [0.4, 0.5) is 47.0 Å². The molecule has 14 heteroatoms. The lowest BCUT2D eigenvalue weighted by Gasteiger charge is -2.35. The summed E-state index contributed by atoms with van der Waals surface area (Å²) in [7, 11) is 0. The summed E-state index contributed by atoms with van der Waals surface area (Å²) in [5.74, 6) is -9.93. The lowest BCUT2D eigenvalue weighted by molar-refractivity contribution is -0.138. The molecule has 1 aromatic heterocycles. The van der Waals surface area contributed by atoms with E-state index in [4.69, 9.17) is 0 Å². The van der Waals surface area contributed by atoms with E-state index in [1.54, 1.807) is 0 Å². The van der Waals surface area contributed by atoms with E-state index in [0.29, 0.717) is 0 Å². The van der Waals surface area contributed by atoms with Crippen molar-refractivity contribution in [3.8, 4) is 0 Å². The average Bonchev–Trinajstić information content (AvgIpc) is 2.57. The first-order chi connectivity index (χ1) is 13.7. The van der Waals surface area contributed by atoms with Crippen LogP contribution >= 0.6 is 0 Å². The first kappa shape index (κ1) is 22.4. The van der Waals surface area contributed by atoms with Crippen molar-refractivity contribution in [2.75, 3.05) is 10.6 Å². The number of alkyl halides is 7. The summed E-state index contributed by atoms with van der Waals surface area (Å²) in [6.45, 7) is 0.758. The average molecular weight is 447 g/mol. The minimum atomic E-state index is -4.69. The quantitative estimate of drug-likeness (QED) is 0.594. The molecule has 3 N–H and O–H groups in total. The molecule has 0 aromatic carbocycles. The number of halogens is 8. The number of hydrogen-bond acceptors (Lipinski definition) is 6. The summed E-state index contributed by atoms with van der Waals surface area (Å²) in [4.78, 5) is 11.1. The second-order valence-corrected chi connectivity index (χ2v) is 7.31. The van der Waals surface area contributed by atoms with Crippen molar-refractivity contribution < 1.29 is 40.2 Å². The molecule has 1 aromatic rings. The molecule has 2 atom stereocenters. The van der Waals surface area contributed by atoms with E-state index in [-0.39, 0.29) is 0 Å². The van der Waals surface area contributed by atoms with Gasteiger partial charge in [0.15, 0.2) is 11.9 Å². The number of nitrogens with one attached hydrogen (secondary N) is 2. The van der Waals surface area contributed by atoms with E-state index < -0.39 is 91.0 Å². The molecule has 0 aliphatic heterocycles. The highest BCUT2D eigenvalue weighted by molar-refractivity contribution is 5.66. The molecule has 6 nitrogen and oxygen atoms in total. The zero-order valence-electron chi connectivity index (χ0n) is 15.4. The molecule has 2 aliphatic rings. The summed E-state index contributed by atoms with van der Waals surface area (Å²) in [6, 6.07) is -2.92. The molecule has 168 valence electrons. The highest BCUT2D eigenvalue weighted by Crippen LogP contribution is 2.42. The van der Waals surface area contributed by atoms with Gasteiger partial charge in [-0.2, -0.15) is 28.1 Å². The minimum Gasteiger partial charge on any atom is -0.380 e. The molecular weight excluding hydrogens is 430 g/mol. The molecule has 0 saturated heterocycles. The molecule has 0 unspecified atom stereocenters. The number of hydrogen-bond donors (Lipinski definition) is 3. The first-order valence-electron chi connectivity index (χ1n) is 8.86. The van der Waals surface area contributed by atoms with E-state index in [2.05, 4.69) is 20.3 Å². The summed E-state index contributed by atoms with van der Waals surface area (Å²) in [6.07, 6.45) is -10.1. The van der Waals surface area contributed by atoms with Crippen LogP contribution in [0.1, 0.15) is 38.4 Å². The highest BCUT2D eigenvalue weighted by atomic mass is 19.4. The van der Waals surface area contributed by atoms with Crippen LogP contribution in [0.2, 0.25) is 0 Å². The lowest BCUT2D eigenvalue weighted by Crippen LogP contribution is -2.44. The van der Waals surface area contributed by atoms with E-state index in [0.717, 1.165) is 6.92 Å². The van der Waals surface area contributed by atoms with Crippen LogP contribution in [-0.2, 0) is 0 Å². The number of nitrogens with zero attached hydrogens (tertiary/aromatic N) is 3. The minimum absolute atomic E-state index is 0.426. The maximum atomic E-state index is 14.3. The van der Waals surface area contributed by atoms with Gasteiger partial charge < -0.3 is 15.7 Å². The highest BCUT2D eigenvalue weighted by Gasteiger charge is 2.47. The Morgan fingerprint density at radius 3 is 2.23 bits per heavy atom. The Labute approximate surface area is 164 Å². The Hall–Kier alpha value is -2.25. The molecule has 0 spiro atoms. The van der Waals surface area contributed by atoms with Crippen LogP contribution in [0.25, 0.3) is 5.57 Å². The van der Waals surface area contributed by atoms with Gasteiger partial charge in [0.2, 0.25) is 11.9 Å². The number of rotatable bonds is 5. The van der Waals surface area contributed by atoms with Gasteiger partial charge in [0.1, 0.15) is 11.9 Å². The van der Waals surface area contributed by atoms with Gasteiger partial charge in [0, 0.05) is 30.9 Å². The fraction of sp³-hybridized carbons (Fsp3) is 0.688. The van der Waals surface area contributed by atoms with Crippen LogP contribution in [0.5, 0.6) is 0 Å². The molecule has 3 rings (SSSR count). The maximum absolute atomic E-state index is 14.3. The van der Waals surface area contributed by atoms with E-state index >= 15 is 0 Å². The van der Waals surface area contributed by atoms with Gasteiger partial charge >= 0.3 is 6.18 Å². The largest absolute Gasteiger partial charge is 0.408 e. The zero-order valence-corrected chi connectivity index (χ0v) is 15.4.